The molecule has 1 N–H and O–H groups in total. The van der Waals surface area contributed by atoms with Crippen LogP contribution in [0.3, 0.4) is 0 Å². The molecule has 0 aliphatic heterocycles. The number of nitriles is 1. The Labute approximate surface area is 132 Å². The van der Waals surface area contributed by atoms with Crippen LogP contribution in [0, 0.1) is 11.3 Å². The molecule has 0 bridgehead atoms. The lowest BCUT2D eigenvalue weighted by molar-refractivity contribution is 0.756. The number of aromatic nitrogens is 4. The minimum Gasteiger partial charge on any atom is -0.348 e. The van der Waals surface area contributed by atoms with Crippen molar-refractivity contribution < 1.29 is 0 Å². The third-order valence-electron chi connectivity index (χ3n) is 3.47. The van der Waals surface area contributed by atoms with Gasteiger partial charge in [0.25, 0.3) is 5.56 Å². The second-order valence-electron chi connectivity index (χ2n) is 4.93. The van der Waals surface area contributed by atoms with Crippen molar-refractivity contribution in [3.05, 3.63) is 58.3 Å². The number of nitrogens with one attached hydrogen (secondary N) is 1. The largest absolute Gasteiger partial charge is 0.348 e. The van der Waals surface area contributed by atoms with Crippen LogP contribution >= 0.6 is 0 Å². The lowest BCUT2D eigenvalue weighted by Gasteiger charge is -2.20. The zero-order chi connectivity index (χ0) is 16.2. The Balaban J connectivity index is 1.92. The number of hydrogen-bond donors (Lipinski definition) is 1. The van der Waals surface area contributed by atoms with Gasteiger partial charge >= 0.3 is 0 Å². The molecule has 0 aliphatic rings. The minimum absolute atomic E-state index is 0.160. The highest BCUT2D eigenvalue weighted by Crippen LogP contribution is 2.13. The van der Waals surface area contributed by atoms with Gasteiger partial charge in [0.1, 0.15) is 11.9 Å². The van der Waals surface area contributed by atoms with E-state index in [0.29, 0.717) is 35.6 Å². The van der Waals surface area contributed by atoms with Gasteiger partial charge in [-0.15, -0.1) is 10.2 Å². The molecule has 114 valence electrons. The number of H-pyrrole nitrogens is 1. The van der Waals surface area contributed by atoms with E-state index in [1.807, 2.05) is 36.1 Å². The molecule has 7 nitrogen and oxygen atoms in total. The first kappa shape index (κ1) is 14.7. The summed E-state index contributed by atoms with van der Waals surface area (Å²) >= 11 is 0. The quantitative estimate of drug-likeness (QED) is 0.786. The van der Waals surface area contributed by atoms with Crippen LogP contribution in [0.2, 0.25) is 0 Å². The zero-order valence-corrected chi connectivity index (χ0v) is 12.5. The number of fused-ring (bicyclic) bond motifs is 1. The molecule has 0 amide bonds. The lowest BCUT2D eigenvalue weighted by Crippen LogP contribution is -2.26. The average molecular weight is 306 g/mol. The first-order valence-electron chi connectivity index (χ1n) is 7.18. The molecule has 0 atom stereocenters. The summed E-state index contributed by atoms with van der Waals surface area (Å²) in [5, 5.41) is 17.2. The van der Waals surface area contributed by atoms with Crippen molar-refractivity contribution >= 4 is 16.7 Å². The molecule has 0 aliphatic carbocycles. The zero-order valence-electron chi connectivity index (χ0n) is 12.5. The van der Waals surface area contributed by atoms with Crippen molar-refractivity contribution in [3.63, 3.8) is 0 Å². The topological polar surface area (TPSA) is 98.6 Å². The van der Waals surface area contributed by atoms with E-state index in [4.69, 9.17) is 5.26 Å². The number of para-hydroxylation sites is 1. The van der Waals surface area contributed by atoms with Crippen LogP contribution in [0.1, 0.15) is 18.4 Å². The number of nitrogens with zero attached hydrogens (tertiary/aromatic N) is 5. The molecular formula is C16H14N6O. The van der Waals surface area contributed by atoms with Crippen molar-refractivity contribution in [1.82, 2.24) is 20.2 Å². The van der Waals surface area contributed by atoms with Gasteiger partial charge in [-0.05, 0) is 31.2 Å². The van der Waals surface area contributed by atoms with Gasteiger partial charge in [0.15, 0.2) is 11.5 Å². The van der Waals surface area contributed by atoms with Crippen LogP contribution in [0.4, 0.5) is 5.82 Å². The van der Waals surface area contributed by atoms with E-state index < -0.39 is 0 Å². The highest BCUT2D eigenvalue weighted by atomic mass is 16.1. The normalized spacial score (nSPS) is 10.4. The maximum Gasteiger partial charge on any atom is 0.258 e. The summed E-state index contributed by atoms with van der Waals surface area (Å²) in [5.41, 5.74) is 0.767. The minimum atomic E-state index is -0.160. The van der Waals surface area contributed by atoms with Gasteiger partial charge in [-0.25, -0.2) is 4.98 Å². The molecule has 0 saturated carbocycles. The van der Waals surface area contributed by atoms with E-state index in [1.165, 1.54) is 0 Å². The molecule has 0 spiro atoms. The Bertz CT molecular complexity index is 926. The van der Waals surface area contributed by atoms with Gasteiger partial charge in [0.05, 0.1) is 17.4 Å². The third kappa shape index (κ3) is 3.01. The maximum absolute atomic E-state index is 12.1. The fourth-order valence-corrected chi connectivity index (χ4v) is 2.30. The molecular weight excluding hydrogens is 292 g/mol. The molecule has 0 fully saturated rings. The summed E-state index contributed by atoms with van der Waals surface area (Å²) in [6, 6.07) is 12.5. The van der Waals surface area contributed by atoms with Crippen LogP contribution in [0.25, 0.3) is 10.9 Å². The van der Waals surface area contributed by atoms with E-state index in [-0.39, 0.29) is 11.3 Å². The molecule has 0 saturated heterocycles. The van der Waals surface area contributed by atoms with E-state index in [9.17, 15) is 4.79 Å². The maximum atomic E-state index is 12.1. The lowest BCUT2D eigenvalue weighted by atomic mass is 10.2. The number of benzene rings is 1. The van der Waals surface area contributed by atoms with Crippen molar-refractivity contribution in [2.75, 3.05) is 11.4 Å². The second kappa shape index (κ2) is 6.23. The first-order valence-corrected chi connectivity index (χ1v) is 7.18. The van der Waals surface area contributed by atoms with Crippen LogP contribution in [-0.4, -0.2) is 26.7 Å². The third-order valence-corrected chi connectivity index (χ3v) is 3.47. The van der Waals surface area contributed by atoms with Crippen LogP contribution < -0.4 is 10.5 Å². The van der Waals surface area contributed by atoms with Gasteiger partial charge < -0.3 is 9.88 Å². The Hall–Kier alpha value is -3.27. The van der Waals surface area contributed by atoms with E-state index in [1.54, 1.807) is 18.2 Å². The number of aromatic amines is 1. The van der Waals surface area contributed by atoms with Gasteiger partial charge in [0.2, 0.25) is 0 Å². The fourth-order valence-electron chi connectivity index (χ4n) is 2.30. The van der Waals surface area contributed by atoms with E-state index >= 15 is 0 Å². The summed E-state index contributed by atoms with van der Waals surface area (Å²) in [6.07, 6.45) is 0. The number of anilines is 1. The smallest absolute Gasteiger partial charge is 0.258 e. The van der Waals surface area contributed by atoms with Crippen molar-refractivity contribution in [2.24, 2.45) is 0 Å². The SMILES string of the molecule is CCN(Cc1nc2ccccc2c(=O)[nH]1)c1ccc(C#N)nn1. The first-order chi connectivity index (χ1) is 11.2. The van der Waals surface area contributed by atoms with Gasteiger partial charge in [-0.3, -0.25) is 4.79 Å². The molecule has 2 heterocycles. The molecule has 3 rings (SSSR count). The van der Waals surface area contributed by atoms with E-state index in [0.717, 1.165) is 0 Å². The van der Waals surface area contributed by atoms with Crippen LogP contribution in [-0.2, 0) is 6.54 Å². The fraction of sp³-hybridized carbons (Fsp3) is 0.188. The Kier molecular flexibility index (Phi) is 3.97. The predicted molar refractivity (Wildman–Crippen MR) is 85.8 cm³/mol. The van der Waals surface area contributed by atoms with Gasteiger partial charge in [-0.1, -0.05) is 12.1 Å². The van der Waals surface area contributed by atoms with Crippen molar-refractivity contribution in [1.29, 1.82) is 5.26 Å². The standard InChI is InChI=1S/C16H14N6O/c1-2-22(15-8-7-11(9-17)20-21-15)10-14-18-13-6-4-3-5-12(13)16(23)19-14/h3-8H,2,10H2,1H3,(H,18,19,23). The summed E-state index contributed by atoms with van der Waals surface area (Å²) < 4.78 is 0. The van der Waals surface area contributed by atoms with Crippen LogP contribution in [0.15, 0.2) is 41.2 Å². The summed E-state index contributed by atoms with van der Waals surface area (Å²) in [4.78, 5) is 21.3. The Morgan fingerprint density at radius 3 is 2.74 bits per heavy atom. The van der Waals surface area contributed by atoms with Gasteiger partial charge in [0, 0.05) is 6.54 Å². The number of rotatable bonds is 4. The Morgan fingerprint density at radius 1 is 1.22 bits per heavy atom. The average Bonchev–Trinajstić information content (AvgIpc) is 2.60. The monoisotopic (exact) mass is 306 g/mol. The van der Waals surface area contributed by atoms with Gasteiger partial charge in [-0.2, -0.15) is 5.26 Å². The molecule has 23 heavy (non-hydrogen) atoms. The summed E-state index contributed by atoms with van der Waals surface area (Å²) in [6.45, 7) is 3.04. The highest BCUT2D eigenvalue weighted by molar-refractivity contribution is 5.77. The second-order valence-corrected chi connectivity index (χ2v) is 4.93. The predicted octanol–water partition coefficient (Wildman–Crippen LogP) is 1.61. The molecule has 1 aromatic carbocycles. The van der Waals surface area contributed by atoms with Crippen molar-refractivity contribution in [3.8, 4) is 6.07 Å². The molecule has 3 aromatic rings. The summed E-state index contributed by atoms with van der Waals surface area (Å²) in [7, 11) is 0. The van der Waals surface area contributed by atoms with Crippen LogP contribution in [0.5, 0.6) is 0 Å². The molecule has 0 unspecified atom stereocenters. The molecule has 7 heteroatoms. The van der Waals surface area contributed by atoms with Crippen molar-refractivity contribution in [2.45, 2.75) is 13.5 Å². The Morgan fingerprint density at radius 2 is 2.04 bits per heavy atom. The molecule has 0 radical (unpaired) electrons. The number of hydrogen-bond acceptors (Lipinski definition) is 6. The van der Waals surface area contributed by atoms with E-state index in [2.05, 4.69) is 20.2 Å². The highest BCUT2D eigenvalue weighted by Gasteiger charge is 2.11. The summed E-state index contributed by atoms with van der Waals surface area (Å²) in [5.74, 6) is 1.18. The molecule has 2 aromatic heterocycles.